The van der Waals surface area contributed by atoms with Crippen molar-refractivity contribution in [1.82, 2.24) is 24.4 Å². The van der Waals surface area contributed by atoms with Crippen molar-refractivity contribution in [2.24, 2.45) is 0 Å². The zero-order chi connectivity index (χ0) is 28.3. The molecule has 1 aliphatic heterocycles. The molecule has 5 aromatic rings. The molecule has 5 heterocycles. The van der Waals surface area contributed by atoms with Gasteiger partial charge in [0.15, 0.2) is 12.1 Å². The fraction of sp³-hybridized carbons (Fsp3) is 0.250. The van der Waals surface area contributed by atoms with Crippen LogP contribution in [0.25, 0.3) is 15.2 Å². The summed E-state index contributed by atoms with van der Waals surface area (Å²) < 4.78 is 27.4. The van der Waals surface area contributed by atoms with E-state index >= 15 is 0 Å². The molecule has 11 nitrogen and oxygen atoms in total. The van der Waals surface area contributed by atoms with Crippen LogP contribution in [0, 0.1) is 12.4 Å². The summed E-state index contributed by atoms with van der Waals surface area (Å²) in [6.45, 7) is 11.0. The molecule has 0 aliphatic carbocycles. The van der Waals surface area contributed by atoms with E-state index < -0.39 is 11.8 Å². The van der Waals surface area contributed by atoms with Gasteiger partial charge in [0.05, 0.1) is 31.4 Å². The number of aromatic nitrogens is 4. The molecular weight excluding hydrogens is 549 g/mol. The van der Waals surface area contributed by atoms with Crippen molar-refractivity contribution in [1.29, 1.82) is 0 Å². The molecule has 6 rings (SSSR count). The first-order chi connectivity index (χ1) is 20.0. The number of benzene rings is 1. The summed E-state index contributed by atoms with van der Waals surface area (Å²) in [4.78, 5) is 33.5. The second-order valence-electron chi connectivity index (χ2n) is 9.46. The van der Waals surface area contributed by atoms with Gasteiger partial charge < -0.3 is 23.7 Å². The van der Waals surface area contributed by atoms with Gasteiger partial charge in [-0.2, -0.15) is 4.98 Å². The summed E-state index contributed by atoms with van der Waals surface area (Å²) in [5.41, 5.74) is 1.37. The van der Waals surface area contributed by atoms with Gasteiger partial charge in [0.2, 0.25) is 5.88 Å². The highest BCUT2D eigenvalue weighted by Gasteiger charge is 2.23. The molecule has 0 saturated carbocycles. The third kappa shape index (κ3) is 5.74. The number of ether oxygens (including phenoxy) is 1. The number of hydrogen-bond donors (Lipinski definition) is 1. The van der Waals surface area contributed by atoms with Gasteiger partial charge in [-0.1, -0.05) is 18.2 Å². The van der Waals surface area contributed by atoms with Crippen molar-refractivity contribution in [3.8, 4) is 5.88 Å². The van der Waals surface area contributed by atoms with Gasteiger partial charge in [-0.3, -0.25) is 4.90 Å². The lowest BCUT2D eigenvalue weighted by Gasteiger charge is -2.35. The third-order valence-corrected chi connectivity index (χ3v) is 7.85. The Kier molecular flexibility index (Phi) is 7.32. The number of carboxylic acids is 1. The maximum atomic E-state index is 14.2. The van der Waals surface area contributed by atoms with Gasteiger partial charge in [0.25, 0.3) is 0 Å². The fourth-order valence-electron chi connectivity index (χ4n) is 4.71. The standard InChI is InChI=1S/C28H24FN7O4S/c1-30-19-6-5-18(21(29)11-19)16-39-26-4-2-3-24(32-26)35-9-7-34(8-10-35)15-25-33-27-22(12-23(41-27)28(37)38)36(25)14-20-13-31-17-40-20/h2-6,11-13,17H,7-10,14-16H2,(H,37,38). The molecule has 4 aromatic heterocycles. The maximum absolute atomic E-state index is 14.2. The summed E-state index contributed by atoms with van der Waals surface area (Å²) in [5, 5.41) is 9.42. The van der Waals surface area contributed by atoms with E-state index in [1.165, 1.54) is 12.5 Å². The predicted octanol–water partition coefficient (Wildman–Crippen LogP) is 4.82. The molecule has 0 atom stereocenters. The molecule has 1 saturated heterocycles. The number of imidazole rings is 1. The normalized spacial score (nSPS) is 13.9. The van der Waals surface area contributed by atoms with Crippen LogP contribution in [0.1, 0.15) is 26.8 Å². The van der Waals surface area contributed by atoms with Crippen LogP contribution < -0.4 is 9.64 Å². The molecule has 1 N–H and O–H groups in total. The lowest BCUT2D eigenvalue weighted by atomic mass is 10.2. The first-order valence-electron chi connectivity index (χ1n) is 12.8. The molecular formula is C28H24FN7O4S. The molecule has 1 fully saturated rings. The minimum atomic E-state index is -0.970. The monoisotopic (exact) mass is 573 g/mol. The van der Waals surface area contributed by atoms with Crippen molar-refractivity contribution in [3.05, 3.63) is 94.3 Å². The number of halogens is 1. The molecule has 0 amide bonds. The number of oxazole rings is 1. The summed E-state index contributed by atoms with van der Waals surface area (Å²) in [6, 6.07) is 11.5. The molecule has 0 unspecified atom stereocenters. The highest BCUT2D eigenvalue weighted by Crippen LogP contribution is 2.28. The molecule has 41 heavy (non-hydrogen) atoms. The van der Waals surface area contributed by atoms with Crippen LogP contribution in [0.4, 0.5) is 15.9 Å². The lowest BCUT2D eigenvalue weighted by Crippen LogP contribution is -2.46. The van der Waals surface area contributed by atoms with E-state index in [0.29, 0.717) is 35.1 Å². The number of fused-ring (bicyclic) bond motifs is 1. The highest BCUT2D eigenvalue weighted by molar-refractivity contribution is 7.20. The molecule has 0 bridgehead atoms. The van der Waals surface area contributed by atoms with Crippen LogP contribution >= 0.6 is 11.3 Å². The zero-order valence-corrected chi connectivity index (χ0v) is 22.6. The number of carboxylic acid groups (broad SMARTS) is 1. The number of carbonyl (C=O) groups is 1. The van der Waals surface area contributed by atoms with Gasteiger partial charge in [-0.15, -0.1) is 11.3 Å². The predicted molar refractivity (Wildman–Crippen MR) is 149 cm³/mol. The van der Waals surface area contributed by atoms with E-state index in [1.807, 2.05) is 16.7 Å². The second kappa shape index (κ2) is 11.4. The van der Waals surface area contributed by atoms with E-state index in [0.717, 1.165) is 54.7 Å². The van der Waals surface area contributed by atoms with Crippen LogP contribution in [-0.4, -0.2) is 61.7 Å². The van der Waals surface area contributed by atoms with Crippen molar-refractivity contribution < 1.29 is 23.4 Å². The minimum Gasteiger partial charge on any atom is -0.477 e. The Hall–Kier alpha value is -4.80. The Balaban J connectivity index is 1.10. The summed E-state index contributed by atoms with van der Waals surface area (Å²) in [5.74, 6) is 1.22. The van der Waals surface area contributed by atoms with Gasteiger partial charge in [-0.05, 0) is 18.2 Å². The van der Waals surface area contributed by atoms with E-state index in [2.05, 4.69) is 24.6 Å². The second-order valence-corrected chi connectivity index (χ2v) is 10.5. The van der Waals surface area contributed by atoms with E-state index in [-0.39, 0.29) is 17.2 Å². The van der Waals surface area contributed by atoms with Gasteiger partial charge in [-0.25, -0.2) is 24.0 Å². The Morgan fingerprint density at radius 2 is 2.00 bits per heavy atom. The minimum absolute atomic E-state index is 0.0144. The number of pyridine rings is 1. The number of thiophene rings is 1. The first-order valence-corrected chi connectivity index (χ1v) is 13.6. The molecule has 1 aromatic carbocycles. The van der Waals surface area contributed by atoms with Crippen molar-refractivity contribution in [2.45, 2.75) is 19.7 Å². The SMILES string of the molecule is [C-]#[N+]c1ccc(COc2cccc(N3CCN(Cc4nc5sc(C(=O)O)cc5n4Cc4cnco4)CC3)n2)c(F)c1. The van der Waals surface area contributed by atoms with Crippen molar-refractivity contribution >= 4 is 39.2 Å². The number of nitrogens with zero attached hydrogens (tertiary/aromatic N) is 7. The van der Waals surface area contributed by atoms with E-state index in [4.69, 9.17) is 20.7 Å². The third-order valence-electron chi connectivity index (χ3n) is 6.85. The Bertz CT molecular complexity index is 1740. The smallest absolute Gasteiger partial charge is 0.346 e. The number of rotatable bonds is 9. The van der Waals surface area contributed by atoms with Gasteiger partial charge >= 0.3 is 5.97 Å². The molecule has 0 radical (unpaired) electrons. The number of aromatic carboxylic acids is 1. The summed E-state index contributed by atoms with van der Waals surface area (Å²) in [6.07, 6.45) is 3.02. The lowest BCUT2D eigenvalue weighted by molar-refractivity contribution is 0.0702. The molecule has 1 aliphatic rings. The van der Waals surface area contributed by atoms with E-state index in [9.17, 15) is 14.3 Å². The average molecular weight is 574 g/mol. The summed E-state index contributed by atoms with van der Waals surface area (Å²) in [7, 11) is 0. The quantitative estimate of drug-likeness (QED) is 0.248. The zero-order valence-electron chi connectivity index (χ0n) is 21.7. The number of hydrogen-bond acceptors (Lipinski definition) is 9. The van der Waals surface area contributed by atoms with Crippen LogP contribution in [0.15, 0.2) is 59.5 Å². The topological polar surface area (TPSA) is 114 Å². The molecule has 0 spiro atoms. The Morgan fingerprint density at radius 1 is 1.15 bits per heavy atom. The number of piperazine rings is 1. The van der Waals surface area contributed by atoms with E-state index in [1.54, 1.807) is 30.5 Å². The van der Waals surface area contributed by atoms with Crippen LogP contribution in [0.5, 0.6) is 5.88 Å². The van der Waals surface area contributed by atoms with Gasteiger partial charge in [0.1, 0.15) is 39.5 Å². The molecule has 13 heteroatoms. The Morgan fingerprint density at radius 3 is 2.73 bits per heavy atom. The molecule has 208 valence electrons. The van der Waals surface area contributed by atoms with Crippen LogP contribution in [-0.2, 0) is 19.7 Å². The number of anilines is 1. The van der Waals surface area contributed by atoms with Crippen LogP contribution in [0.2, 0.25) is 0 Å². The first kappa shape index (κ1) is 26.4. The van der Waals surface area contributed by atoms with Crippen molar-refractivity contribution in [2.75, 3.05) is 31.1 Å². The van der Waals surface area contributed by atoms with Crippen LogP contribution in [0.3, 0.4) is 0 Å². The maximum Gasteiger partial charge on any atom is 0.346 e. The fourth-order valence-corrected chi connectivity index (χ4v) is 5.60. The largest absolute Gasteiger partial charge is 0.477 e. The average Bonchev–Trinajstić information content (AvgIpc) is 3.72. The Labute approximate surface area is 237 Å². The van der Waals surface area contributed by atoms with Gasteiger partial charge in [0, 0.05) is 37.8 Å². The van der Waals surface area contributed by atoms with Crippen molar-refractivity contribution in [3.63, 3.8) is 0 Å². The summed E-state index contributed by atoms with van der Waals surface area (Å²) >= 11 is 1.16. The highest BCUT2D eigenvalue weighted by atomic mass is 32.1.